The van der Waals surface area contributed by atoms with Crippen LogP contribution in [0.15, 0.2) is 40.8 Å². The number of hydrogen-bond donors (Lipinski definition) is 2. The van der Waals surface area contributed by atoms with Crippen LogP contribution in [0, 0.1) is 6.92 Å². The minimum Gasteiger partial charge on any atom is -0.357 e. The third-order valence-corrected chi connectivity index (χ3v) is 5.72. The Morgan fingerprint density at radius 1 is 1.30 bits per heavy atom. The number of aromatic nitrogens is 1. The van der Waals surface area contributed by atoms with E-state index in [9.17, 15) is 0 Å². The van der Waals surface area contributed by atoms with Crippen LogP contribution in [0.1, 0.15) is 35.9 Å². The van der Waals surface area contributed by atoms with Gasteiger partial charge in [-0.25, -0.2) is 9.98 Å². The highest BCUT2D eigenvalue weighted by molar-refractivity contribution is 14.0. The van der Waals surface area contributed by atoms with Gasteiger partial charge in [0, 0.05) is 30.6 Å². The average Bonchev–Trinajstić information content (AvgIpc) is 3.27. The maximum absolute atomic E-state index is 4.73. The lowest BCUT2D eigenvalue weighted by Crippen LogP contribution is -2.44. The first-order valence-electron chi connectivity index (χ1n) is 9.45. The fraction of sp³-hybridized carbons (Fsp3) is 0.500. The molecule has 1 fully saturated rings. The molecule has 0 radical (unpaired) electrons. The molecule has 3 rings (SSSR count). The average molecular weight is 499 g/mol. The van der Waals surface area contributed by atoms with Crippen molar-refractivity contribution < 1.29 is 0 Å². The van der Waals surface area contributed by atoms with Gasteiger partial charge < -0.3 is 10.6 Å². The van der Waals surface area contributed by atoms with Crippen LogP contribution >= 0.6 is 35.3 Å². The number of nitrogens with zero attached hydrogens (tertiary/aromatic N) is 3. The molecule has 7 heteroatoms. The molecule has 1 aromatic heterocycles. The Morgan fingerprint density at radius 2 is 2.11 bits per heavy atom. The first-order valence-corrected chi connectivity index (χ1v) is 10.3. The van der Waals surface area contributed by atoms with Crippen molar-refractivity contribution in [1.82, 2.24) is 20.5 Å². The van der Waals surface area contributed by atoms with Gasteiger partial charge in [-0.05, 0) is 38.8 Å². The van der Waals surface area contributed by atoms with Crippen molar-refractivity contribution in [3.8, 4) is 0 Å². The van der Waals surface area contributed by atoms with E-state index >= 15 is 0 Å². The highest BCUT2D eigenvalue weighted by atomic mass is 127. The number of aliphatic imine (C=N–C) groups is 1. The van der Waals surface area contributed by atoms with Crippen LogP contribution in [0.5, 0.6) is 0 Å². The number of thiazole rings is 1. The second-order valence-electron chi connectivity index (χ2n) is 6.69. The number of guanidine groups is 1. The Labute approximate surface area is 183 Å². The van der Waals surface area contributed by atoms with Crippen LogP contribution in [-0.2, 0) is 13.1 Å². The SMILES string of the molecule is CCNC(=NCc1scnc1C)NCC1CCCN1Cc1ccccc1.I. The lowest BCUT2D eigenvalue weighted by Gasteiger charge is -2.25. The van der Waals surface area contributed by atoms with Gasteiger partial charge in [0.05, 0.1) is 17.7 Å². The monoisotopic (exact) mass is 499 g/mol. The standard InChI is InChI=1S/C20H29N5S.HI/c1-3-21-20(23-13-19-16(2)24-15-26-19)22-12-18-10-7-11-25(18)14-17-8-5-4-6-9-17;/h4-6,8-9,15,18H,3,7,10-14H2,1-2H3,(H2,21,22,23);1H. The lowest BCUT2D eigenvalue weighted by molar-refractivity contribution is 0.245. The molecule has 2 aromatic rings. The molecule has 0 bridgehead atoms. The summed E-state index contributed by atoms with van der Waals surface area (Å²) >= 11 is 1.67. The Morgan fingerprint density at radius 3 is 2.81 bits per heavy atom. The van der Waals surface area contributed by atoms with Crippen molar-refractivity contribution in [1.29, 1.82) is 0 Å². The first kappa shape index (κ1) is 22.1. The Balaban J connectivity index is 0.00000261. The number of rotatable bonds is 7. The van der Waals surface area contributed by atoms with Crippen molar-refractivity contribution in [2.75, 3.05) is 19.6 Å². The van der Waals surface area contributed by atoms with Gasteiger partial charge in [-0.15, -0.1) is 35.3 Å². The predicted octanol–water partition coefficient (Wildman–Crippen LogP) is 3.79. The third-order valence-electron chi connectivity index (χ3n) is 4.80. The van der Waals surface area contributed by atoms with Crippen LogP contribution in [0.3, 0.4) is 0 Å². The molecule has 0 amide bonds. The molecule has 1 aromatic carbocycles. The zero-order valence-electron chi connectivity index (χ0n) is 16.1. The normalized spacial score (nSPS) is 17.6. The molecule has 27 heavy (non-hydrogen) atoms. The number of aryl methyl sites for hydroxylation is 1. The minimum absolute atomic E-state index is 0. The molecule has 1 atom stereocenters. The second-order valence-corrected chi connectivity index (χ2v) is 7.63. The van der Waals surface area contributed by atoms with Crippen LogP contribution < -0.4 is 10.6 Å². The van der Waals surface area contributed by atoms with E-state index in [1.807, 2.05) is 12.4 Å². The summed E-state index contributed by atoms with van der Waals surface area (Å²) in [5, 5.41) is 6.90. The number of halogens is 1. The molecule has 2 N–H and O–H groups in total. The molecular formula is C20H30IN5S. The molecule has 1 saturated heterocycles. The van der Waals surface area contributed by atoms with Crippen LogP contribution in [0.2, 0.25) is 0 Å². The summed E-state index contributed by atoms with van der Waals surface area (Å²) in [6, 6.07) is 11.3. The zero-order valence-corrected chi connectivity index (χ0v) is 19.3. The van der Waals surface area contributed by atoms with E-state index in [4.69, 9.17) is 4.99 Å². The summed E-state index contributed by atoms with van der Waals surface area (Å²) < 4.78 is 0. The van der Waals surface area contributed by atoms with E-state index < -0.39 is 0 Å². The zero-order chi connectivity index (χ0) is 18.2. The van der Waals surface area contributed by atoms with E-state index in [-0.39, 0.29) is 24.0 Å². The predicted molar refractivity (Wildman–Crippen MR) is 125 cm³/mol. The molecule has 148 valence electrons. The van der Waals surface area contributed by atoms with E-state index in [1.165, 1.54) is 29.8 Å². The summed E-state index contributed by atoms with van der Waals surface area (Å²) in [5.74, 6) is 0.895. The van der Waals surface area contributed by atoms with Gasteiger partial charge in [0.15, 0.2) is 5.96 Å². The van der Waals surface area contributed by atoms with Gasteiger partial charge in [0.2, 0.25) is 0 Å². The highest BCUT2D eigenvalue weighted by Crippen LogP contribution is 2.19. The molecule has 0 spiro atoms. The van der Waals surface area contributed by atoms with E-state index in [0.29, 0.717) is 12.6 Å². The Hall–Kier alpha value is -1.19. The summed E-state index contributed by atoms with van der Waals surface area (Å²) in [6.45, 7) is 8.83. The number of nitrogens with one attached hydrogen (secondary N) is 2. The van der Waals surface area contributed by atoms with Crippen molar-refractivity contribution >= 4 is 41.3 Å². The van der Waals surface area contributed by atoms with E-state index in [0.717, 1.165) is 31.3 Å². The topological polar surface area (TPSA) is 52.6 Å². The van der Waals surface area contributed by atoms with E-state index in [1.54, 1.807) is 11.3 Å². The number of likely N-dealkylation sites (tertiary alicyclic amines) is 1. The van der Waals surface area contributed by atoms with Crippen LogP contribution in [0.25, 0.3) is 0 Å². The maximum Gasteiger partial charge on any atom is 0.191 e. The molecular weight excluding hydrogens is 469 g/mol. The van der Waals surface area contributed by atoms with Crippen LogP contribution in [-0.4, -0.2) is 41.5 Å². The lowest BCUT2D eigenvalue weighted by atomic mass is 10.2. The van der Waals surface area contributed by atoms with Crippen molar-refractivity contribution in [2.45, 2.75) is 45.8 Å². The second kappa shape index (κ2) is 11.6. The smallest absolute Gasteiger partial charge is 0.191 e. The van der Waals surface area contributed by atoms with Gasteiger partial charge in [-0.1, -0.05) is 30.3 Å². The Kier molecular flexibility index (Phi) is 9.50. The van der Waals surface area contributed by atoms with Gasteiger partial charge in [-0.2, -0.15) is 0 Å². The summed E-state index contributed by atoms with van der Waals surface area (Å²) in [4.78, 5) is 12.8. The first-order chi connectivity index (χ1) is 12.8. The van der Waals surface area contributed by atoms with Crippen LogP contribution in [0.4, 0.5) is 0 Å². The number of benzene rings is 1. The highest BCUT2D eigenvalue weighted by Gasteiger charge is 2.24. The van der Waals surface area contributed by atoms with Crippen molar-refractivity contribution in [3.05, 3.63) is 52.0 Å². The molecule has 0 aliphatic carbocycles. The van der Waals surface area contributed by atoms with Crippen molar-refractivity contribution in [3.63, 3.8) is 0 Å². The third kappa shape index (κ3) is 6.73. The largest absolute Gasteiger partial charge is 0.357 e. The summed E-state index contributed by atoms with van der Waals surface area (Å²) in [6.07, 6.45) is 2.51. The minimum atomic E-state index is 0. The Bertz CT molecular complexity index is 703. The summed E-state index contributed by atoms with van der Waals surface area (Å²) in [7, 11) is 0. The van der Waals surface area contributed by atoms with Gasteiger partial charge >= 0.3 is 0 Å². The molecule has 0 saturated carbocycles. The molecule has 5 nitrogen and oxygen atoms in total. The van der Waals surface area contributed by atoms with Gasteiger partial charge in [-0.3, -0.25) is 4.90 Å². The fourth-order valence-corrected chi connectivity index (χ4v) is 4.04. The van der Waals surface area contributed by atoms with Gasteiger partial charge in [0.1, 0.15) is 0 Å². The molecule has 1 aliphatic rings. The molecule has 1 aliphatic heterocycles. The molecule has 1 unspecified atom stereocenters. The fourth-order valence-electron chi connectivity index (χ4n) is 3.34. The number of hydrogen-bond acceptors (Lipinski definition) is 4. The quantitative estimate of drug-likeness (QED) is 0.346. The molecule has 2 heterocycles. The summed E-state index contributed by atoms with van der Waals surface area (Å²) in [5.41, 5.74) is 4.36. The van der Waals surface area contributed by atoms with Gasteiger partial charge in [0.25, 0.3) is 0 Å². The van der Waals surface area contributed by atoms with E-state index in [2.05, 4.69) is 57.8 Å². The van der Waals surface area contributed by atoms with Crippen molar-refractivity contribution in [2.24, 2.45) is 4.99 Å². The maximum atomic E-state index is 4.73.